The first-order valence-corrected chi connectivity index (χ1v) is 23.8. The monoisotopic (exact) mass is 832 g/mol. The predicted octanol–water partition coefficient (Wildman–Crippen LogP) is 12.2. The minimum absolute atomic E-state index is 0.0503. The molecule has 0 N–H and O–H groups in total. The Morgan fingerprint density at radius 1 is 0.552 bits per heavy atom. The van der Waals surface area contributed by atoms with Gasteiger partial charge in [0.15, 0.2) is 6.10 Å². The largest absolute Gasteiger partial charge is 0.756 e. The minimum atomic E-state index is -4.65. The fourth-order valence-electron chi connectivity index (χ4n) is 5.44. The zero-order valence-corrected chi connectivity index (χ0v) is 38.1. The van der Waals surface area contributed by atoms with Crippen LogP contribution >= 0.6 is 7.82 Å². The molecule has 0 radical (unpaired) electrons. The summed E-state index contributed by atoms with van der Waals surface area (Å²) >= 11 is 0. The van der Waals surface area contributed by atoms with Crippen LogP contribution in [0.3, 0.4) is 0 Å². The molecule has 0 spiro atoms. The quantitative estimate of drug-likeness (QED) is 0.0198. The van der Waals surface area contributed by atoms with Crippen LogP contribution < -0.4 is 4.89 Å². The van der Waals surface area contributed by atoms with Crippen LogP contribution in [0.1, 0.15) is 155 Å². The molecule has 2 unspecified atom stereocenters. The van der Waals surface area contributed by atoms with E-state index in [2.05, 4.69) is 86.8 Å². The zero-order chi connectivity index (χ0) is 42.8. The number of quaternary nitrogens is 1. The van der Waals surface area contributed by atoms with Crippen LogP contribution in [0.5, 0.6) is 0 Å². The normalized spacial score (nSPS) is 14.4. The molecule has 0 saturated heterocycles. The van der Waals surface area contributed by atoms with Crippen molar-refractivity contribution in [3.63, 3.8) is 0 Å². The SMILES string of the molecule is CC/C=C\C/C=C\C/C=C\C/C=C\CCC(=O)OC(COC(=O)CCCCCCCC/C=C\C/C=C\C/C=C\CCCCCCC)COP(=O)([O-])OCC[N+](C)(C)C. The van der Waals surface area contributed by atoms with Crippen LogP contribution in [-0.2, 0) is 32.7 Å². The summed E-state index contributed by atoms with van der Waals surface area (Å²) in [5.74, 6) is -0.952. The Morgan fingerprint density at radius 3 is 1.53 bits per heavy atom. The molecule has 58 heavy (non-hydrogen) atoms. The number of esters is 2. The molecule has 0 rings (SSSR count). The summed E-state index contributed by atoms with van der Waals surface area (Å²) in [6.07, 6.45) is 50.6. The first-order valence-electron chi connectivity index (χ1n) is 22.3. The van der Waals surface area contributed by atoms with Gasteiger partial charge in [-0.1, -0.05) is 150 Å². The van der Waals surface area contributed by atoms with E-state index in [0.717, 1.165) is 77.0 Å². The van der Waals surface area contributed by atoms with Crippen LogP contribution in [0.25, 0.3) is 0 Å². The maximum Gasteiger partial charge on any atom is 0.306 e. The summed E-state index contributed by atoms with van der Waals surface area (Å²) in [5.41, 5.74) is 0. The summed E-state index contributed by atoms with van der Waals surface area (Å²) in [6, 6.07) is 0. The molecular formula is C48H82NO8P. The number of phosphoric acid groups is 1. The Morgan fingerprint density at radius 2 is 1.02 bits per heavy atom. The van der Waals surface area contributed by atoms with Gasteiger partial charge in [0.1, 0.15) is 19.8 Å². The lowest BCUT2D eigenvalue weighted by Gasteiger charge is -2.28. The lowest BCUT2D eigenvalue weighted by atomic mass is 10.1. The number of unbranched alkanes of at least 4 members (excludes halogenated alkanes) is 11. The smallest absolute Gasteiger partial charge is 0.306 e. The number of phosphoric ester groups is 1. The van der Waals surface area contributed by atoms with Gasteiger partial charge >= 0.3 is 11.9 Å². The number of carbonyl (C=O) groups excluding carboxylic acids is 2. The highest BCUT2D eigenvalue weighted by atomic mass is 31.2. The maximum absolute atomic E-state index is 12.6. The molecule has 0 saturated carbocycles. The van der Waals surface area contributed by atoms with Gasteiger partial charge in [-0.15, -0.1) is 0 Å². The van der Waals surface area contributed by atoms with Crippen molar-refractivity contribution in [2.75, 3.05) is 47.5 Å². The summed E-state index contributed by atoms with van der Waals surface area (Å²) < 4.78 is 33.8. The number of hydrogen-bond donors (Lipinski definition) is 0. The molecule has 9 nitrogen and oxygen atoms in total. The number of allylic oxidation sites excluding steroid dienone is 14. The molecule has 0 heterocycles. The van der Waals surface area contributed by atoms with Crippen molar-refractivity contribution in [3.8, 4) is 0 Å². The van der Waals surface area contributed by atoms with Crippen LogP contribution in [0, 0.1) is 0 Å². The van der Waals surface area contributed by atoms with Gasteiger partial charge in [0, 0.05) is 12.8 Å². The van der Waals surface area contributed by atoms with Crippen molar-refractivity contribution in [2.24, 2.45) is 0 Å². The highest BCUT2D eigenvalue weighted by molar-refractivity contribution is 7.45. The number of rotatable bonds is 39. The number of carbonyl (C=O) groups is 2. The Balaban J connectivity index is 4.42. The lowest BCUT2D eigenvalue weighted by Crippen LogP contribution is -2.37. The first kappa shape index (κ1) is 55.2. The molecule has 10 heteroatoms. The Labute approximate surface area is 354 Å². The van der Waals surface area contributed by atoms with Crippen molar-refractivity contribution < 1.29 is 42.1 Å². The van der Waals surface area contributed by atoms with Crippen LogP contribution in [0.15, 0.2) is 85.1 Å². The van der Waals surface area contributed by atoms with Crippen LogP contribution in [0.4, 0.5) is 0 Å². The molecule has 0 aromatic rings. The molecule has 0 aliphatic carbocycles. The maximum atomic E-state index is 12.6. The van der Waals surface area contributed by atoms with Gasteiger partial charge in [-0.2, -0.15) is 0 Å². The summed E-state index contributed by atoms with van der Waals surface area (Å²) in [7, 11) is 1.10. The van der Waals surface area contributed by atoms with Crippen molar-refractivity contribution >= 4 is 19.8 Å². The minimum Gasteiger partial charge on any atom is -0.756 e. The van der Waals surface area contributed by atoms with Gasteiger partial charge in [0.2, 0.25) is 0 Å². The van der Waals surface area contributed by atoms with E-state index in [4.69, 9.17) is 18.5 Å². The van der Waals surface area contributed by atoms with Crippen molar-refractivity contribution in [3.05, 3.63) is 85.1 Å². The third-order valence-electron chi connectivity index (χ3n) is 8.91. The second-order valence-electron chi connectivity index (χ2n) is 15.7. The van der Waals surface area contributed by atoms with Gasteiger partial charge in [0.05, 0.1) is 27.7 Å². The summed E-state index contributed by atoms with van der Waals surface area (Å²) in [4.78, 5) is 37.5. The summed E-state index contributed by atoms with van der Waals surface area (Å²) in [5, 5.41) is 0. The number of ether oxygens (including phenoxy) is 2. The number of likely N-dealkylation sites (N-methyl/N-ethyl adjacent to an activating group) is 1. The highest BCUT2D eigenvalue weighted by Crippen LogP contribution is 2.38. The topological polar surface area (TPSA) is 111 Å². The molecule has 332 valence electrons. The Bertz CT molecular complexity index is 1260. The second-order valence-corrected chi connectivity index (χ2v) is 17.1. The van der Waals surface area contributed by atoms with Gasteiger partial charge in [-0.05, 0) is 77.0 Å². The third-order valence-corrected chi connectivity index (χ3v) is 9.88. The standard InChI is InChI=1S/C48H82NO8P/c1-6-8-10-12-14-16-18-20-21-22-23-24-25-26-27-29-30-32-34-36-38-40-47(50)54-44-46(45-56-58(52,53)55-43-42-49(3,4)5)57-48(51)41-39-37-35-33-31-28-19-17-15-13-11-9-7-2/h9,11,15,17-18,20,22-23,25-26,28,31,35,37,46H,6-8,10,12-14,16,19,21,24,27,29-30,32-34,36,38-45H2,1-5H3/b11-9-,17-15-,20-18-,23-22-,26-25-,31-28-,37-35-. The van der Waals surface area contributed by atoms with Gasteiger partial charge in [0.25, 0.3) is 7.82 Å². The molecule has 0 bridgehead atoms. The van der Waals surface area contributed by atoms with E-state index >= 15 is 0 Å². The van der Waals surface area contributed by atoms with Crippen molar-refractivity contribution in [2.45, 2.75) is 161 Å². The fraction of sp³-hybridized carbons (Fsp3) is 0.667. The van der Waals surface area contributed by atoms with E-state index in [1.807, 2.05) is 33.3 Å². The molecule has 0 aliphatic heterocycles. The number of nitrogens with zero attached hydrogens (tertiary/aromatic N) is 1. The third kappa shape index (κ3) is 42.8. The van der Waals surface area contributed by atoms with Gasteiger partial charge in [-0.25, -0.2) is 0 Å². The fourth-order valence-corrected chi connectivity index (χ4v) is 6.17. The molecule has 0 aromatic carbocycles. The van der Waals surface area contributed by atoms with Gasteiger partial charge in [-0.3, -0.25) is 14.2 Å². The Kier molecular flexibility index (Phi) is 37.7. The van der Waals surface area contributed by atoms with Crippen molar-refractivity contribution in [1.29, 1.82) is 0 Å². The first-order chi connectivity index (χ1) is 28.0. The molecule has 2 atom stereocenters. The van der Waals surface area contributed by atoms with Crippen LogP contribution in [-0.4, -0.2) is 70.0 Å². The molecular weight excluding hydrogens is 750 g/mol. The van der Waals surface area contributed by atoms with E-state index in [1.165, 1.54) is 38.5 Å². The van der Waals surface area contributed by atoms with E-state index in [1.54, 1.807) is 0 Å². The number of hydrogen-bond acceptors (Lipinski definition) is 8. The lowest BCUT2D eigenvalue weighted by molar-refractivity contribution is -0.870. The van der Waals surface area contributed by atoms with E-state index in [9.17, 15) is 19.0 Å². The summed E-state index contributed by atoms with van der Waals surface area (Å²) in [6.45, 7) is 3.97. The van der Waals surface area contributed by atoms with E-state index in [-0.39, 0.29) is 26.1 Å². The second kappa shape index (κ2) is 39.6. The Hall–Kier alpha value is -2.81. The zero-order valence-electron chi connectivity index (χ0n) is 37.2. The molecule has 0 amide bonds. The molecule has 0 aromatic heterocycles. The average Bonchev–Trinajstić information content (AvgIpc) is 3.17. The average molecular weight is 832 g/mol. The highest BCUT2D eigenvalue weighted by Gasteiger charge is 2.21. The molecule has 0 fully saturated rings. The van der Waals surface area contributed by atoms with E-state index in [0.29, 0.717) is 23.9 Å². The molecule has 0 aliphatic rings. The van der Waals surface area contributed by atoms with Gasteiger partial charge < -0.3 is 27.9 Å². The van der Waals surface area contributed by atoms with Crippen molar-refractivity contribution in [1.82, 2.24) is 0 Å². The van der Waals surface area contributed by atoms with Crippen LogP contribution in [0.2, 0.25) is 0 Å². The van der Waals surface area contributed by atoms with E-state index < -0.39 is 32.5 Å². The predicted molar refractivity (Wildman–Crippen MR) is 240 cm³/mol.